The van der Waals surface area contributed by atoms with E-state index < -0.39 is 0 Å². The highest BCUT2D eigenvalue weighted by atomic mass is 16.7. The number of rotatable bonds is 3. The lowest BCUT2D eigenvalue weighted by atomic mass is 10.1. The SMILES string of the molecule is Cc1nc2ccc(NC(=O)c3cn[nH]c3-c3ccc4c(c3)OCO4)cc2nc1C. The number of H-pyrrole nitrogens is 1. The van der Waals surface area contributed by atoms with Crippen molar-refractivity contribution >= 4 is 22.6 Å². The molecule has 0 fully saturated rings. The maximum absolute atomic E-state index is 12.9. The summed E-state index contributed by atoms with van der Waals surface area (Å²) in [5.41, 5.74) is 5.72. The summed E-state index contributed by atoms with van der Waals surface area (Å²) in [7, 11) is 0. The zero-order valence-corrected chi connectivity index (χ0v) is 15.8. The second-order valence-electron chi connectivity index (χ2n) is 6.78. The van der Waals surface area contributed by atoms with Crippen LogP contribution >= 0.6 is 0 Å². The molecule has 0 saturated carbocycles. The Morgan fingerprint density at radius 3 is 2.66 bits per heavy atom. The summed E-state index contributed by atoms with van der Waals surface area (Å²) in [5.74, 6) is 1.05. The van der Waals surface area contributed by atoms with Gasteiger partial charge in [-0.3, -0.25) is 9.89 Å². The summed E-state index contributed by atoms with van der Waals surface area (Å²) < 4.78 is 10.8. The molecule has 1 aliphatic heterocycles. The normalized spacial score (nSPS) is 12.3. The Labute approximate surface area is 165 Å². The van der Waals surface area contributed by atoms with Gasteiger partial charge in [0, 0.05) is 11.3 Å². The van der Waals surface area contributed by atoms with E-state index in [4.69, 9.17) is 9.47 Å². The highest BCUT2D eigenvalue weighted by Crippen LogP contribution is 2.36. The topological polar surface area (TPSA) is 102 Å². The molecular weight excluding hydrogens is 370 g/mol. The number of benzene rings is 2. The van der Waals surface area contributed by atoms with Crippen LogP contribution in [0.1, 0.15) is 21.7 Å². The maximum atomic E-state index is 12.9. The molecule has 2 aromatic carbocycles. The van der Waals surface area contributed by atoms with Gasteiger partial charge in [0.05, 0.1) is 39.9 Å². The van der Waals surface area contributed by atoms with Crippen LogP contribution in [0.5, 0.6) is 11.5 Å². The number of aromatic amines is 1. The number of fused-ring (bicyclic) bond motifs is 2. The molecule has 1 aliphatic rings. The summed E-state index contributed by atoms with van der Waals surface area (Å²) in [6.07, 6.45) is 1.50. The van der Waals surface area contributed by atoms with Crippen molar-refractivity contribution in [2.24, 2.45) is 0 Å². The molecule has 4 aromatic rings. The Morgan fingerprint density at radius 1 is 1.00 bits per heavy atom. The molecule has 2 aromatic heterocycles. The molecule has 2 N–H and O–H groups in total. The van der Waals surface area contributed by atoms with E-state index in [1.165, 1.54) is 6.20 Å². The Morgan fingerprint density at radius 2 is 1.79 bits per heavy atom. The van der Waals surface area contributed by atoms with Gasteiger partial charge < -0.3 is 14.8 Å². The molecule has 29 heavy (non-hydrogen) atoms. The first-order valence-corrected chi connectivity index (χ1v) is 9.08. The van der Waals surface area contributed by atoms with Crippen molar-refractivity contribution in [2.45, 2.75) is 13.8 Å². The monoisotopic (exact) mass is 387 g/mol. The van der Waals surface area contributed by atoms with Crippen LogP contribution in [0, 0.1) is 13.8 Å². The van der Waals surface area contributed by atoms with E-state index in [9.17, 15) is 4.79 Å². The summed E-state index contributed by atoms with van der Waals surface area (Å²) in [6, 6.07) is 11.0. The van der Waals surface area contributed by atoms with Crippen LogP contribution in [0.15, 0.2) is 42.6 Å². The molecule has 0 radical (unpaired) electrons. The van der Waals surface area contributed by atoms with Crippen molar-refractivity contribution in [1.29, 1.82) is 0 Å². The van der Waals surface area contributed by atoms with Crippen LogP contribution in [-0.2, 0) is 0 Å². The third-order valence-corrected chi connectivity index (χ3v) is 4.88. The fourth-order valence-corrected chi connectivity index (χ4v) is 3.24. The highest BCUT2D eigenvalue weighted by molar-refractivity contribution is 6.08. The average molecular weight is 387 g/mol. The number of amides is 1. The average Bonchev–Trinajstić information content (AvgIpc) is 3.37. The Bertz CT molecular complexity index is 1260. The highest BCUT2D eigenvalue weighted by Gasteiger charge is 2.19. The molecule has 0 unspecified atom stereocenters. The van der Waals surface area contributed by atoms with E-state index in [0.717, 1.165) is 28.0 Å². The van der Waals surface area contributed by atoms with Crippen molar-refractivity contribution in [3.05, 3.63) is 59.5 Å². The van der Waals surface area contributed by atoms with E-state index in [0.29, 0.717) is 28.4 Å². The number of ether oxygens (including phenoxy) is 2. The van der Waals surface area contributed by atoms with E-state index in [1.54, 1.807) is 0 Å². The van der Waals surface area contributed by atoms with E-state index in [1.807, 2.05) is 50.2 Å². The molecule has 0 aliphatic carbocycles. The molecule has 0 spiro atoms. The van der Waals surface area contributed by atoms with Gasteiger partial charge in [0.1, 0.15) is 0 Å². The Kier molecular flexibility index (Phi) is 3.90. The van der Waals surface area contributed by atoms with Gasteiger partial charge in [-0.2, -0.15) is 5.10 Å². The van der Waals surface area contributed by atoms with Crippen molar-refractivity contribution in [2.75, 3.05) is 12.1 Å². The molecule has 0 bridgehead atoms. The smallest absolute Gasteiger partial charge is 0.259 e. The number of nitrogens with one attached hydrogen (secondary N) is 2. The first-order valence-electron chi connectivity index (χ1n) is 9.08. The number of hydrogen-bond donors (Lipinski definition) is 2. The standard InChI is InChI=1S/C21H17N5O3/c1-11-12(2)24-17-8-14(4-5-16(17)23-11)25-21(27)15-9-22-26-20(15)13-3-6-18-19(7-13)29-10-28-18/h3-9H,10H2,1-2H3,(H,22,26)(H,25,27). The van der Waals surface area contributed by atoms with Gasteiger partial charge in [0.25, 0.3) is 5.91 Å². The number of aromatic nitrogens is 4. The lowest BCUT2D eigenvalue weighted by Gasteiger charge is -2.08. The maximum Gasteiger partial charge on any atom is 0.259 e. The quantitative estimate of drug-likeness (QED) is 0.557. The van der Waals surface area contributed by atoms with Gasteiger partial charge in [-0.25, -0.2) is 9.97 Å². The van der Waals surface area contributed by atoms with E-state index >= 15 is 0 Å². The second-order valence-corrected chi connectivity index (χ2v) is 6.78. The largest absolute Gasteiger partial charge is 0.454 e. The molecular formula is C21H17N5O3. The number of nitrogens with zero attached hydrogens (tertiary/aromatic N) is 3. The minimum Gasteiger partial charge on any atom is -0.454 e. The Hall–Kier alpha value is -3.94. The second kappa shape index (κ2) is 6.59. The van der Waals surface area contributed by atoms with E-state index in [-0.39, 0.29) is 12.7 Å². The molecule has 5 rings (SSSR count). The number of anilines is 1. The van der Waals surface area contributed by atoms with Gasteiger partial charge >= 0.3 is 0 Å². The minimum atomic E-state index is -0.275. The first-order chi connectivity index (χ1) is 14.1. The molecule has 8 nitrogen and oxygen atoms in total. The number of carbonyl (C=O) groups excluding carboxylic acids is 1. The van der Waals surface area contributed by atoms with Gasteiger partial charge in [0.2, 0.25) is 6.79 Å². The van der Waals surface area contributed by atoms with Crippen LogP contribution in [0.2, 0.25) is 0 Å². The lowest BCUT2D eigenvalue weighted by Crippen LogP contribution is -2.12. The molecule has 1 amide bonds. The lowest BCUT2D eigenvalue weighted by molar-refractivity contribution is 0.102. The number of hydrogen-bond acceptors (Lipinski definition) is 6. The van der Waals surface area contributed by atoms with Crippen molar-refractivity contribution in [3.8, 4) is 22.8 Å². The zero-order valence-electron chi connectivity index (χ0n) is 15.8. The predicted molar refractivity (Wildman–Crippen MR) is 107 cm³/mol. The van der Waals surface area contributed by atoms with Gasteiger partial charge in [-0.15, -0.1) is 0 Å². The van der Waals surface area contributed by atoms with Crippen molar-refractivity contribution < 1.29 is 14.3 Å². The van der Waals surface area contributed by atoms with Crippen LogP contribution < -0.4 is 14.8 Å². The minimum absolute atomic E-state index is 0.193. The zero-order chi connectivity index (χ0) is 20.0. The number of aryl methyl sites for hydroxylation is 2. The van der Waals surface area contributed by atoms with Crippen LogP contribution in [0.4, 0.5) is 5.69 Å². The molecule has 0 atom stereocenters. The molecule has 8 heteroatoms. The molecule has 144 valence electrons. The Balaban J connectivity index is 1.44. The predicted octanol–water partition coefficient (Wildman–Crippen LogP) is 3.62. The molecule has 0 saturated heterocycles. The van der Waals surface area contributed by atoms with Gasteiger partial charge in [0.15, 0.2) is 11.5 Å². The van der Waals surface area contributed by atoms with Gasteiger partial charge in [-0.1, -0.05) is 0 Å². The third kappa shape index (κ3) is 3.04. The van der Waals surface area contributed by atoms with Crippen LogP contribution in [0.25, 0.3) is 22.3 Å². The summed E-state index contributed by atoms with van der Waals surface area (Å²) in [6.45, 7) is 4.03. The molecule has 3 heterocycles. The van der Waals surface area contributed by atoms with Crippen LogP contribution in [0.3, 0.4) is 0 Å². The fourth-order valence-electron chi connectivity index (χ4n) is 3.24. The first kappa shape index (κ1) is 17.2. The van der Waals surface area contributed by atoms with Crippen LogP contribution in [-0.4, -0.2) is 32.9 Å². The van der Waals surface area contributed by atoms with Crippen molar-refractivity contribution in [3.63, 3.8) is 0 Å². The summed E-state index contributed by atoms with van der Waals surface area (Å²) in [5, 5.41) is 9.85. The van der Waals surface area contributed by atoms with E-state index in [2.05, 4.69) is 25.5 Å². The van der Waals surface area contributed by atoms with Gasteiger partial charge in [-0.05, 0) is 50.2 Å². The summed E-state index contributed by atoms with van der Waals surface area (Å²) in [4.78, 5) is 22.0. The fraction of sp³-hybridized carbons (Fsp3) is 0.143. The summed E-state index contributed by atoms with van der Waals surface area (Å²) >= 11 is 0. The number of carbonyl (C=O) groups is 1. The third-order valence-electron chi connectivity index (χ3n) is 4.88. The van der Waals surface area contributed by atoms with Crippen molar-refractivity contribution in [1.82, 2.24) is 20.2 Å².